The van der Waals surface area contributed by atoms with E-state index >= 15 is 0 Å². The third-order valence-corrected chi connectivity index (χ3v) is 9.53. The average molecular weight is 353 g/mol. The zero-order valence-electron chi connectivity index (χ0n) is 13.7. The standard InChI is InChI=1S/C21H20ClNP/c1-23-15-17-9-5-7-13-20(17)24(22,19-11-3-2-4-12-19)21-14-8-6-10-18(21)16-23/h2-14H,15-16H2,1H3/q+1. The number of rotatable bonds is 1. The van der Waals surface area contributed by atoms with Gasteiger partial charge in [0, 0.05) is 24.2 Å². The molecule has 3 heteroatoms. The van der Waals surface area contributed by atoms with Crippen molar-refractivity contribution >= 4 is 33.8 Å². The minimum atomic E-state index is -2.15. The van der Waals surface area contributed by atoms with Crippen LogP contribution in [0.1, 0.15) is 11.1 Å². The van der Waals surface area contributed by atoms with E-state index in [0.29, 0.717) is 0 Å². The van der Waals surface area contributed by atoms with Gasteiger partial charge in [-0.05, 0) is 31.3 Å². The van der Waals surface area contributed by atoms with Crippen LogP contribution in [-0.2, 0) is 13.1 Å². The highest BCUT2D eigenvalue weighted by Gasteiger charge is 2.48. The molecular formula is C21H20ClNP+. The Kier molecular flexibility index (Phi) is 4.18. The molecular weight excluding hydrogens is 333 g/mol. The van der Waals surface area contributed by atoms with Crippen LogP contribution in [0.15, 0.2) is 78.9 Å². The second-order valence-corrected chi connectivity index (χ2v) is 10.5. The first kappa shape index (κ1) is 15.8. The van der Waals surface area contributed by atoms with Crippen LogP contribution in [0.3, 0.4) is 0 Å². The molecule has 0 fully saturated rings. The van der Waals surface area contributed by atoms with E-state index < -0.39 is 6.62 Å². The molecule has 1 nitrogen and oxygen atoms in total. The van der Waals surface area contributed by atoms with Crippen molar-refractivity contribution in [2.24, 2.45) is 0 Å². The first-order valence-corrected chi connectivity index (χ1v) is 10.9. The Morgan fingerprint density at radius 3 is 1.71 bits per heavy atom. The number of benzene rings is 3. The van der Waals surface area contributed by atoms with E-state index in [2.05, 4.69) is 90.8 Å². The molecule has 3 aromatic rings. The molecule has 24 heavy (non-hydrogen) atoms. The van der Waals surface area contributed by atoms with E-state index in [0.717, 1.165) is 13.1 Å². The van der Waals surface area contributed by atoms with E-state index in [-0.39, 0.29) is 0 Å². The predicted octanol–water partition coefficient (Wildman–Crippen LogP) is 4.08. The maximum Gasteiger partial charge on any atom is 0.211 e. The maximum atomic E-state index is 7.58. The van der Waals surface area contributed by atoms with E-state index in [4.69, 9.17) is 11.2 Å². The molecule has 1 aliphatic rings. The van der Waals surface area contributed by atoms with Crippen molar-refractivity contribution in [3.05, 3.63) is 90.0 Å². The van der Waals surface area contributed by atoms with Crippen LogP contribution in [0.5, 0.6) is 0 Å². The summed E-state index contributed by atoms with van der Waals surface area (Å²) < 4.78 is 0. The second kappa shape index (κ2) is 6.33. The van der Waals surface area contributed by atoms with Crippen LogP contribution < -0.4 is 15.9 Å². The lowest BCUT2D eigenvalue weighted by Crippen LogP contribution is -2.36. The van der Waals surface area contributed by atoms with Crippen molar-refractivity contribution in [2.75, 3.05) is 7.05 Å². The van der Waals surface area contributed by atoms with E-state index in [9.17, 15) is 0 Å². The van der Waals surface area contributed by atoms with Gasteiger partial charge in [0.05, 0.1) is 0 Å². The van der Waals surface area contributed by atoms with Crippen LogP contribution in [0.4, 0.5) is 0 Å². The molecule has 3 aromatic carbocycles. The van der Waals surface area contributed by atoms with Gasteiger partial charge in [0.2, 0.25) is 6.62 Å². The van der Waals surface area contributed by atoms with Gasteiger partial charge in [0.25, 0.3) is 0 Å². The van der Waals surface area contributed by atoms with Crippen LogP contribution >= 0.6 is 17.9 Å². The molecule has 0 bridgehead atoms. The summed E-state index contributed by atoms with van der Waals surface area (Å²) in [5, 5.41) is 3.81. The van der Waals surface area contributed by atoms with Crippen LogP contribution in [0.2, 0.25) is 0 Å². The van der Waals surface area contributed by atoms with Gasteiger partial charge in [-0.15, -0.1) is 0 Å². The Hall–Kier alpha value is -1.66. The van der Waals surface area contributed by atoms with Gasteiger partial charge in [0.1, 0.15) is 27.2 Å². The number of fused-ring (bicyclic) bond motifs is 2. The smallest absolute Gasteiger partial charge is 0.211 e. The lowest BCUT2D eigenvalue weighted by molar-refractivity contribution is 0.320. The largest absolute Gasteiger partial charge is 0.298 e. The molecule has 0 amide bonds. The monoisotopic (exact) mass is 352 g/mol. The van der Waals surface area contributed by atoms with Gasteiger partial charge < -0.3 is 0 Å². The summed E-state index contributed by atoms with van der Waals surface area (Å²) in [5.74, 6) is 0. The van der Waals surface area contributed by atoms with Crippen molar-refractivity contribution in [3.8, 4) is 0 Å². The van der Waals surface area contributed by atoms with Gasteiger partial charge in [-0.1, -0.05) is 54.6 Å². The molecule has 0 radical (unpaired) electrons. The van der Waals surface area contributed by atoms with E-state index in [1.165, 1.54) is 27.0 Å². The Labute approximate surface area is 149 Å². The second-order valence-electron chi connectivity index (χ2n) is 6.35. The van der Waals surface area contributed by atoms with E-state index in [1.807, 2.05) is 0 Å². The molecule has 1 aliphatic heterocycles. The Morgan fingerprint density at radius 1 is 0.708 bits per heavy atom. The maximum absolute atomic E-state index is 7.58. The highest BCUT2D eigenvalue weighted by Crippen LogP contribution is 2.62. The molecule has 0 aliphatic carbocycles. The predicted molar refractivity (Wildman–Crippen MR) is 106 cm³/mol. The summed E-state index contributed by atoms with van der Waals surface area (Å²) in [5.41, 5.74) is 2.67. The molecule has 0 aromatic heterocycles. The number of halogens is 1. The quantitative estimate of drug-likeness (QED) is 0.596. The minimum absolute atomic E-state index is 0.922. The summed E-state index contributed by atoms with van der Waals surface area (Å²) in [6.07, 6.45) is 0. The van der Waals surface area contributed by atoms with Crippen LogP contribution in [-0.4, -0.2) is 11.9 Å². The summed E-state index contributed by atoms with van der Waals surface area (Å²) in [6.45, 7) is -0.303. The molecule has 0 unspecified atom stereocenters. The lowest BCUT2D eigenvalue weighted by atomic mass is 10.1. The Morgan fingerprint density at radius 2 is 1.17 bits per heavy atom. The lowest BCUT2D eigenvalue weighted by Gasteiger charge is -2.29. The van der Waals surface area contributed by atoms with Crippen molar-refractivity contribution < 1.29 is 0 Å². The minimum Gasteiger partial charge on any atom is -0.298 e. The van der Waals surface area contributed by atoms with E-state index in [1.54, 1.807) is 0 Å². The molecule has 1 heterocycles. The molecule has 0 N–H and O–H groups in total. The first-order valence-electron chi connectivity index (χ1n) is 8.19. The average Bonchev–Trinajstić information content (AvgIpc) is 2.62. The van der Waals surface area contributed by atoms with Gasteiger partial charge >= 0.3 is 0 Å². The fourth-order valence-corrected chi connectivity index (χ4v) is 7.96. The van der Waals surface area contributed by atoms with Gasteiger partial charge in [-0.25, -0.2) is 0 Å². The van der Waals surface area contributed by atoms with Crippen molar-refractivity contribution in [1.82, 2.24) is 4.90 Å². The number of hydrogen-bond donors (Lipinski definition) is 0. The van der Waals surface area contributed by atoms with Gasteiger partial charge in [-0.3, -0.25) is 4.90 Å². The Balaban J connectivity index is 2.07. The molecule has 120 valence electrons. The molecule has 4 rings (SSSR count). The van der Waals surface area contributed by atoms with Crippen molar-refractivity contribution in [2.45, 2.75) is 13.1 Å². The highest BCUT2D eigenvalue weighted by atomic mass is 35.7. The molecule has 0 atom stereocenters. The topological polar surface area (TPSA) is 3.24 Å². The summed E-state index contributed by atoms with van der Waals surface area (Å²) >= 11 is 7.58. The van der Waals surface area contributed by atoms with Crippen LogP contribution in [0.25, 0.3) is 0 Å². The van der Waals surface area contributed by atoms with Crippen LogP contribution in [0, 0.1) is 0 Å². The summed E-state index contributed by atoms with van der Waals surface area (Å²) in [4.78, 5) is 2.36. The summed E-state index contributed by atoms with van der Waals surface area (Å²) in [7, 11) is 2.18. The van der Waals surface area contributed by atoms with Crippen molar-refractivity contribution in [3.63, 3.8) is 0 Å². The zero-order chi connectivity index (χ0) is 16.6. The normalized spacial score (nSPS) is 16.6. The highest BCUT2D eigenvalue weighted by molar-refractivity contribution is 8.15. The zero-order valence-corrected chi connectivity index (χ0v) is 15.3. The molecule has 0 saturated heterocycles. The van der Waals surface area contributed by atoms with Gasteiger partial charge in [-0.2, -0.15) is 0 Å². The third-order valence-electron chi connectivity index (χ3n) is 4.64. The molecule has 0 spiro atoms. The van der Waals surface area contributed by atoms with Crippen molar-refractivity contribution in [1.29, 1.82) is 0 Å². The molecule has 0 saturated carbocycles. The fourth-order valence-electron chi connectivity index (χ4n) is 3.57. The number of hydrogen-bond acceptors (Lipinski definition) is 1. The first-order chi connectivity index (χ1) is 11.7. The number of nitrogens with zero attached hydrogens (tertiary/aromatic N) is 1. The fraction of sp³-hybridized carbons (Fsp3) is 0.143. The Bertz CT molecular complexity index is 813. The third kappa shape index (κ3) is 2.58. The SMILES string of the molecule is CN1Cc2ccccc2[P+](Cl)(c2ccccc2)c2ccccc2C1. The summed E-state index contributed by atoms with van der Waals surface area (Å²) in [6, 6.07) is 28.0. The van der Waals surface area contributed by atoms with Gasteiger partial charge in [0.15, 0.2) is 0 Å².